The van der Waals surface area contributed by atoms with E-state index in [2.05, 4.69) is 15.3 Å². The predicted molar refractivity (Wildman–Crippen MR) is 105 cm³/mol. The van der Waals surface area contributed by atoms with Gasteiger partial charge in [0.25, 0.3) is 11.8 Å². The molecule has 2 amide bonds. The second-order valence-electron chi connectivity index (χ2n) is 6.87. The molecular weight excluding hydrogens is 356 g/mol. The van der Waals surface area contributed by atoms with Crippen LogP contribution in [0, 0.1) is 0 Å². The average Bonchev–Trinajstić information content (AvgIpc) is 3.21. The number of methoxy groups -OCH3 is 1. The van der Waals surface area contributed by atoms with Crippen LogP contribution in [-0.4, -0.2) is 52.9 Å². The van der Waals surface area contributed by atoms with Gasteiger partial charge in [-0.2, -0.15) is 0 Å². The normalized spacial score (nSPS) is 14.8. The fourth-order valence-corrected chi connectivity index (χ4v) is 3.57. The lowest BCUT2D eigenvalue weighted by Crippen LogP contribution is -2.46. The molecule has 1 fully saturated rings. The first kappa shape index (κ1) is 18.0. The largest absolute Gasteiger partial charge is 0.496 e. The van der Waals surface area contributed by atoms with Crippen LogP contribution in [0.2, 0.25) is 0 Å². The van der Waals surface area contributed by atoms with E-state index >= 15 is 0 Å². The van der Waals surface area contributed by atoms with Crippen molar-refractivity contribution in [3.05, 3.63) is 59.9 Å². The summed E-state index contributed by atoms with van der Waals surface area (Å²) in [5, 5.41) is 3.06. The highest BCUT2D eigenvalue weighted by Crippen LogP contribution is 2.20. The Bertz CT molecular complexity index is 1010. The standard InChI is InChI=1S/C21H22N4O3/c1-28-19-5-3-2-4-16(19)20(26)24-15-8-10-25(11-9-15)21(27)14-6-7-17-18(12-14)23-13-22-17/h2-7,12-13,15H,8-11H2,1H3,(H,22,23)(H,24,26). The highest BCUT2D eigenvalue weighted by atomic mass is 16.5. The zero-order chi connectivity index (χ0) is 19.5. The molecule has 0 unspecified atom stereocenters. The number of nitrogens with one attached hydrogen (secondary N) is 2. The van der Waals surface area contributed by atoms with Gasteiger partial charge in [-0.1, -0.05) is 12.1 Å². The van der Waals surface area contributed by atoms with Crippen LogP contribution in [0.4, 0.5) is 0 Å². The summed E-state index contributed by atoms with van der Waals surface area (Å²) >= 11 is 0. The third-order valence-electron chi connectivity index (χ3n) is 5.14. The van der Waals surface area contributed by atoms with E-state index in [4.69, 9.17) is 4.74 Å². The van der Waals surface area contributed by atoms with Gasteiger partial charge < -0.3 is 19.9 Å². The number of imidazole rings is 1. The van der Waals surface area contributed by atoms with Crippen molar-refractivity contribution in [2.75, 3.05) is 20.2 Å². The Hall–Kier alpha value is -3.35. The number of piperidine rings is 1. The third kappa shape index (κ3) is 3.55. The second-order valence-corrected chi connectivity index (χ2v) is 6.87. The van der Waals surface area contributed by atoms with Gasteiger partial charge in [0.15, 0.2) is 0 Å². The van der Waals surface area contributed by atoms with E-state index in [-0.39, 0.29) is 17.9 Å². The van der Waals surface area contributed by atoms with E-state index in [1.807, 2.05) is 29.2 Å². The minimum Gasteiger partial charge on any atom is -0.496 e. The number of rotatable bonds is 4. The van der Waals surface area contributed by atoms with Crippen molar-refractivity contribution in [3.8, 4) is 5.75 Å². The van der Waals surface area contributed by atoms with Crippen molar-refractivity contribution in [1.82, 2.24) is 20.2 Å². The summed E-state index contributed by atoms with van der Waals surface area (Å²) < 4.78 is 5.26. The number of carbonyl (C=O) groups excluding carboxylic acids is 2. The molecule has 0 aliphatic carbocycles. The van der Waals surface area contributed by atoms with E-state index in [9.17, 15) is 9.59 Å². The first-order valence-electron chi connectivity index (χ1n) is 9.32. The van der Waals surface area contributed by atoms with Crippen LogP contribution in [0.5, 0.6) is 5.75 Å². The Morgan fingerprint density at radius 3 is 2.75 bits per heavy atom. The number of H-pyrrole nitrogens is 1. The van der Waals surface area contributed by atoms with Gasteiger partial charge in [-0.3, -0.25) is 9.59 Å². The summed E-state index contributed by atoms with van der Waals surface area (Å²) in [6.07, 6.45) is 3.06. The molecule has 2 N–H and O–H groups in total. The number of nitrogens with zero attached hydrogens (tertiary/aromatic N) is 2. The van der Waals surface area contributed by atoms with E-state index < -0.39 is 0 Å². The first-order valence-corrected chi connectivity index (χ1v) is 9.32. The maximum atomic E-state index is 12.8. The number of aromatic nitrogens is 2. The van der Waals surface area contributed by atoms with Gasteiger partial charge in [-0.05, 0) is 43.2 Å². The molecule has 1 aliphatic heterocycles. The monoisotopic (exact) mass is 378 g/mol. The number of carbonyl (C=O) groups is 2. The molecule has 1 aliphatic rings. The van der Waals surface area contributed by atoms with Crippen molar-refractivity contribution in [2.45, 2.75) is 18.9 Å². The maximum Gasteiger partial charge on any atom is 0.255 e. The van der Waals surface area contributed by atoms with E-state index in [0.717, 1.165) is 23.9 Å². The number of aromatic amines is 1. The van der Waals surface area contributed by atoms with Gasteiger partial charge in [0, 0.05) is 24.7 Å². The second kappa shape index (κ2) is 7.72. The molecule has 0 atom stereocenters. The van der Waals surface area contributed by atoms with Gasteiger partial charge in [0.2, 0.25) is 0 Å². The van der Waals surface area contributed by atoms with Crippen molar-refractivity contribution in [3.63, 3.8) is 0 Å². The highest BCUT2D eigenvalue weighted by molar-refractivity contribution is 5.98. The summed E-state index contributed by atoms with van der Waals surface area (Å²) in [7, 11) is 1.55. The van der Waals surface area contributed by atoms with Gasteiger partial charge in [0.05, 0.1) is 30.0 Å². The lowest BCUT2D eigenvalue weighted by Gasteiger charge is -2.32. The summed E-state index contributed by atoms with van der Waals surface area (Å²) in [5.74, 6) is 0.416. The Balaban J connectivity index is 1.36. The van der Waals surface area contributed by atoms with Crippen LogP contribution in [0.1, 0.15) is 33.6 Å². The molecule has 0 spiro atoms. The number of ether oxygens (including phenoxy) is 1. The summed E-state index contributed by atoms with van der Waals surface area (Å²) in [6, 6.07) is 12.7. The third-order valence-corrected chi connectivity index (χ3v) is 5.14. The molecule has 1 saturated heterocycles. The summed E-state index contributed by atoms with van der Waals surface area (Å²) in [5.41, 5.74) is 2.86. The van der Waals surface area contributed by atoms with Crippen molar-refractivity contribution in [2.24, 2.45) is 0 Å². The van der Waals surface area contributed by atoms with Crippen LogP contribution in [0.15, 0.2) is 48.8 Å². The molecule has 144 valence electrons. The van der Waals surface area contributed by atoms with Crippen LogP contribution in [-0.2, 0) is 0 Å². The number of hydrogen-bond donors (Lipinski definition) is 2. The zero-order valence-corrected chi connectivity index (χ0v) is 15.6. The molecule has 0 radical (unpaired) electrons. The highest BCUT2D eigenvalue weighted by Gasteiger charge is 2.25. The van der Waals surface area contributed by atoms with Crippen LogP contribution in [0.25, 0.3) is 11.0 Å². The number of fused-ring (bicyclic) bond motifs is 1. The fourth-order valence-electron chi connectivity index (χ4n) is 3.57. The smallest absolute Gasteiger partial charge is 0.255 e. The fraction of sp³-hybridized carbons (Fsp3) is 0.286. The number of likely N-dealkylation sites (tertiary alicyclic amines) is 1. The van der Waals surface area contributed by atoms with Crippen molar-refractivity contribution >= 4 is 22.8 Å². The zero-order valence-electron chi connectivity index (χ0n) is 15.6. The molecule has 0 bridgehead atoms. The van der Waals surface area contributed by atoms with Crippen LogP contribution in [0.3, 0.4) is 0 Å². The van der Waals surface area contributed by atoms with Gasteiger partial charge in [-0.15, -0.1) is 0 Å². The molecule has 2 aromatic carbocycles. The molecule has 1 aromatic heterocycles. The minimum absolute atomic E-state index is 0.00556. The topological polar surface area (TPSA) is 87.3 Å². The Labute approximate surface area is 162 Å². The van der Waals surface area contributed by atoms with Crippen molar-refractivity contribution < 1.29 is 14.3 Å². The predicted octanol–water partition coefficient (Wildman–Crippen LogP) is 2.61. The molecular formula is C21H22N4O3. The minimum atomic E-state index is -0.146. The molecule has 4 rings (SSSR count). The molecule has 28 heavy (non-hydrogen) atoms. The lowest BCUT2D eigenvalue weighted by atomic mass is 10.0. The number of amides is 2. The number of benzene rings is 2. The van der Waals surface area contributed by atoms with Gasteiger partial charge in [-0.25, -0.2) is 4.98 Å². The Morgan fingerprint density at radius 1 is 1.18 bits per heavy atom. The van der Waals surface area contributed by atoms with E-state index in [1.165, 1.54) is 0 Å². The molecule has 0 saturated carbocycles. The van der Waals surface area contributed by atoms with Crippen LogP contribution < -0.4 is 10.1 Å². The lowest BCUT2D eigenvalue weighted by molar-refractivity contribution is 0.0698. The first-order chi connectivity index (χ1) is 13.7. The van der Waals surface area contributed by atoms with Crippen molar-refractivity contribution in [1.29, 1.82) is 0 Å². The van der Waals surface area contributed by atoms with Gasteiger partial charge >= 0.3 is 0 Å². The van der Waals surface area contributed by atoms with Crippen LogP contribution >= 0.6 is 0 Å². The molecule has 7 heteroatoms. The van der Waals surface area contributed by atoms with Gasteiger partial charge in [0.1, 0.15) is 5.75 Å². The maximum absolute atomic E-state index is 12.8. The molecule has 2 heterocycles. The quantitative estimate of drug-likeness (QED) is 0.731. The average molecular weight is 378 g/mol. The molecule has 3 aromatic rings. The number of hydrogen-bond acceptors (Lipinski definition) is 4. The Kier molecular flexibility index (Phi) is 4.97. The molecule has 7 nitrogen and oxygen atoms in total. The summed E-state index contributed by atoms with van der Waals surface area (Å²) in [6.45, 7) is 1.22. The number of para-hydroxylation sites is 1. The Morgan fingerprint density at radius 2 is 1.96 bits per heavy atom. The van der Waals surface area contributed by atoms with E-state index in [1.54, 1.807) is 31.6 Å². The summed E-state index contributed by atoms with van der Waals surface area (Å²) in [4.78, 5) is 34.4. The van der Waals surface area contributed by atoms with E-state index in [0.29, 0.717) is 30.0 Å². The SMILES string of the molecule is COc1ccccc1C(=O)NC1CCN(C(=O)c2ccc3nc[nH]c3c2)CC1.